The number of carbonyl (C=O) groups is 2. The summed E-state index contributed by atoms with van der Waals surface area (Å²) in [6.07, 6.45) is 10.1. The van der Waals surface area contributed by atoms with Gasteiger partial charge in [0.2, 0.25) is 6.10 Å². The minimum atomic E-state index is -0.660. The van der Waals surface area contributed by atoms with E-state index in [0.717, 1.165) is 32.1 Å². The second-order valence-corrected chi connectivity index (χ2v) is 8.57. The largest absolute Gasteiger partial charge is 0.459 e. The van der Waals surface area contributed by atoms with Gasteiger partial charge in [0, 0.05) is 5.92 Å². The zero-order valence-electron chi connectivity index (χ0n) is 13.6. The number of hydrogen-bond donors (Lipinski definition) is 0. The molecule has 0 amide bonds. The highest BCUT2D eigenvalue weighted by atomic mass is 16.6. The molecular weight excluding hydrogens is 292 g/mol. The monoisotopic (exact) mass is 316 g/mol. The van der Waals surface area contributed by atoms with Gasteiger partial charge in [-0.05, 0) is 62.7 Å². The number of carbonyl (C=O) groups excluding carboxylic acids is 2. The molecule has 124 valence electrons. The summed E-state index contributed by atoms with van der Waals surface area (Å²) in [5, 5.41) is 0. The second kappa shape index (κ2) is 4.61. The molecule has 5 aliphatic rings. The van der Waals surface area contributed by atoms with Gasteiger partial charge in [0.1, 0.15) is 6.10 Å². The fourth-order valence-electron chi connectivity index (χ4n) is 6.22. The summed E-state index contributed by atoms with van der Waals surface area (Å²) in [5.74, 6) is 1.51. The Labute approximate surface area is 136 Å². The Balaban J connectivity index is 1.36. The van der Waals surface area contributed by atoms with Gasteiger partial charge in [-0.15, -0.1) is 0 Å². The van der Waals surface area contributed by atoms with Crippen LogP contribution in [-0.4, -0.2) is 24.1 Å². The van der Waals surface area contributed by atoms with Crippen molar-refractivity contribution in [1.82, 2.24) is 0 Å². The summed E-state index contributed by atoms with van der Waals surface area (Å²) in [5.41, 5.74) is -0.454. The highest BCUT2D eigenvalue weighted by Crippen LogP contribution is 2.55. The van der Waals surface area contributed by atoms with E-state index in [1.165, 1.54) is 6.42 Å². The zero-order chi connectivity index (χ0) is 15.8. The third-order valence-electron chi connectivity index (χ3n) is 7.42. The van der Waals surface area contributed by atoms with Crippen molar-refractivity contribution in [3.63, 3.8) is 0 Å². The number of hydrogen-bond acceptors (Lipinski definition) is 4. The lowest BCUT2D eigenvalue weighted by molar-refractivity contribution is -0.187. The number of ether oxygens (including phenoxy) is 2. The molecule has 0 spiro atoms. The molecule has 0 radical (unpaired) electrons. The van der Waals surface area contributed by atoms with Crippen LogP contribution in [0.25, 0.3) is 0 Å². The van der Waals surface area contributed by atoms with Crippen molar-refractivity contribution in [3.8, 4) is 0 Å². The van der Waals surface area contributed by atoms with E-state index in [1.54, 1.807) is 0 Å². The predicted molar refractivity (Wildman–Crippen MR) is 82.2 cm³/mol. The summed E-state index contributed by atoms with van der Waals surface area (Å²) in [6.45, 7) is 2.01. The first-order valence-corrected chi connectivity index (χ1v) is 9.16. The SMILES string of the molecule is CC1(C(=O)OC2C(=O)OC3CC2C2CCCC32)CC2C=CC1C2. The predicted octanol–water partition coefficient (Wildman–Crippen LogP) is 2.86. The molecule has 4 fully saturated rings. The number of allylic oxidation sites excluding steroid dienone is 2. The van der Waals surface area contributed by atoms with Crippen molar-refractivity contribution < 1.29 is 19.1 Å². The van der Waals surface area contributed by atoms with Crippen molar-refractivity contribution in [2.24, 2.45) is 35.0 Å². The van der Waals surface area contributed by atoms with Crippen LogP contribution in [0.1, 0.15) is 45.4 Å². The molecule has 1 heterocycles. The maximum absolute atomic E-state index is 12.9. The fourth-order valence-corrected chi connectivity index (χ4v) is 6.22. The molecule has 4 nitrogen and oxygen atoms in total. The van der Waals surface area contributed by atoms with Crippen LogP contribution in [0.2, 0.25) is 0 Å². The molecule has 3 saturated carbocycles. The zero-order valence-corrected chi connectivity index (χ0v) is 13.6. The number of fused-ring (bicyclic) bond motifs is 7. The lowest BCUT2D eigenvalue weighted by Crippen LogP contribution is -2.45. The molecule has 0 N–H and O–H groups in total. The number of rotatable bonds is 2. The Morgan fingerprint density at radius 2 is 2.04 bits per heavy atom. The fraction of sp³-hybridized carbons (Fsp3) is 0.789. The van der Waals surface area contributed by atoms with Gasteiger partial charge in [0.05, 0.1) is 5.41 Å². The van der Waals surface area contributed by atoms with E-state index in [1.807, 2.05) is 6.92 Å². The van der Waals surface area contributed by atoms with Crippen molar-refractivity contribution in [1.29, 1.82) is 0 Å². The summed E-state index contributed by atoms with van der Waals surface area (Å²) in [6, 6.07) is 0. The Morgan fingerprint density at radius 3 is 2.78 bits per heavy atom. The molecule has 1 aliphatic heterocycles. The highest BCUT2D eigenvalue weighted by molar-refractivity contribution is 5.84. The number of esters is 2. The van der Waals surface area contributed by atoms with Gasteiger partial charge in [-0.2, -0.15) is 0 Å². The lowest BCUT2D eigenvalue weighted by atomic mass is 9.77. The Bertz CT molecular complexity index is 596. The van der Waals surface area contributed by atoms with Crippen LogP contribution in [0.4, 0.5) is 0 Å². The maximum Gasteiger partial charge on any atom is 0.348 e. The topological polar surface area (TPSA) is 52.6 Å². The molecule has 23 heavy (non-hydrogen) atoms. The first kappa shape index (κ1) is 14.1. The van der Waals surface area contributed by atoms with Gasteiger partial charge >= 0.3 is 11.9 Å². The third kappa shape index (κ3) is 1.84. The van der Waals surface area contributed by atoms with E-state index in [-0.39, 0.29) is 29.9 Å². The molecule has 8 unspecified atom stereocenters. The molecule has 4 aliphatic carbocycles. The minimum Gasteiger partial charge on any atom is -0.459 e. The first-order valence-electron chi connectivity index (χ1n) is 9.16. The Hall–Kier alpha value is -1.32. The second-order valence-electron chi connectivity index (χ2n) is 8.57. The van der Waals surface area contributed by atoms with Crippen LogP contribution in [0.15, 0.2) is 12.2 Å². The molecule has 8 atom stereocenters. The van der Waals surface area contributed by atoms with Crippen molar-refractivity contribution in [3.05, 3.63) is 12.2 Å². The van der Waals surface area contributed by atoms with E-state index in [2.05, 4.69) is 12.2 Å². The van der Waals surface area contributed by atoms with E-state index in [9.17, 15) is 9.59 Å². The molecule has 4 heteroatoms. The normalized spacial score (nSPS) is 52.6. The van der Waals surface area contributed by atoms with E-state index < -0.39 is 11.5 Å². The molecule has 0 aromatic rings. The Kier molecular flexibility index (Phi) is 2.82. The smallest absolute Gasteiger partial charge is 0.348 e. The quantitative estimate of drug-likeness (QED) is 0.581. The summed E-state index contributed by atoms with van der Waals surface area (Å²) in [4.78, 5) is 25.3. The van der Waals surface area contributed by atoms with Crippen LogP contribution in [-0.2, 0) is 19.1 Å². The molecule has 0 aromatic carbocycles. The Morgan fingerprint density at radius 1 is 1.22 bits per heavy atom. The molecule has 5 rings (SSSR count). The van der Waals surface area contributed by atoms with Crippen molar-refractivity contribution in [2.75, 3.05) is 0 Å². The average Bonchev–Trinajstić information content (AvgIpc) is 3.25. The van der Waals surface area contributed by atoms with Gasteiger partial charge in [0.15, 0.2) is 0 Å². The van der Waals surface area contributed by atoms with Crippen LogP contribution < -0.4 is 0 Å². The molecule has 4 bridgehead atoms. The maximum atomic E-state index is 12.9. The summed E-state index contributed by atoms with van der Waals surface area (Å²) >= 11 is 0. The standard InChI is InChI=1S/C19H24O4/c1-19(9-10-5-6-11(19)7-10)18(21)23-16-14-8-15(22-17(16)20)13-4-2-3-12(13)14/h5-6,10-16H,2-4,7-9H2,1H3. The third-order valence-corrected chi connectivity index (χ3v) is 7.42. The summed E-state index contributed by atoms with van der Waals surface area (Å²) < 4.78 is 11.5. The van der Waals surface area contributed by atoms with Crippen LogP contribution in [0.5, 0.6) is 0 Å². The molecular formula is C19H24O4. The van der Waals surface area contributed by atoms with Crippen molar-refractivity contribution >= 4 is 11.9 Å². The van der Waals surface area contributed by atoms with Crippen LogP contribution in [0, 0.1) is 35.0 Å². The molecule has 0 aromatic heterocycles. The van der Waals surface area contributed by atoms with E-state index in [4.69, 9.17) is 9.47 Å². The van der Waals surface area contributed by atoms with Gasteiger partial charge in [-0.1, -0.05) is 18.6 Å². The average molecular weight is 316 g/mol. The van der Waals surface area contributed by atoms with E-state index >= 15 is 0 Å². The van der Waals surface area contributed by atoms with Crippen molar-refractivity contribution in [2.45, 2.75) is 57.7 Å². The van der Waals surface area contributed by atoms with Crippen LogP contribution in [0.3, 0.4) is 0 Å². The molecule has 1 saturated heterocycles. The lowest BCUT2D eigenvalue weighted by Gasteiger charge is -2.34. The van der Waals surface area contributed by atoms with Gasteiger partial charge in [0.25, 0.3) is 0 Å². The summed E-state index contributed by atoms with van der Waals surface area (Å²) in [7, 11) is 0. The van der Waals surface area contributed by atoms with E-state index in [0.29, 0.717) is 17.8 Å². The minimum absolute atomic E-state index is 0.0796. The van der Waals surface area contributed by atoms with Gasteiger partial charge in [-0.3, -0.25) is 4.79 Å². The van der Waals surface area contributed by atoms with Crippen LogP contribution >= 0.6 is 0 Å². The first-order chi connectivity index (χ1) is 11.1. The highest BCUT2D eigenvalue weighted by Gasteiger charge is 2.58. The van der Waals surface area contributed by atoms with Gasteiger partial charge in [-0.25, -0.2) is 4.79 Å². The van der Waals surface area contributed by atoms with Gasteiger partial charge < -0.3 is 9.47 Å².